The van der Waals surface area contributed by atoms with Gasteiger partial charge in [0.25, 0.3) is 0 Å². The van der Waals surface area contributed by atoms with Gasteiger partial charge in [-0.3, -0.25) is 0 Å². The summed E-state index contributed by atoms with van der Waals surface area (Å²) in [6.45, 7) is 9.47. The summed E-state index contributed by atoms with van der Waals surface area (Å²) in [6.07, 6.45) is 4.34. The van der Waals surface area contributed by atoms with E-state index in [0.717, 1.165) is 6.61 Å². The average Bonchev–Trinajstić information content (AvgIpc) is 2.69. The van der Waals surface area contributed by atoms with Crippen molar-refractivity contribution in [2.24, 2.45) is 0 Å². The molecule has 1 saturated heterocycles. The second kappa shape index (κ2) is 6.03. The van der Waals surface area contributed by atoms with E-state index in [1.165, 1.54) is 47.2 Å². The van der Waals surface area contributed by atoms with Gasteiger partial charge in [-0.2, -0.15) is 0 Å². The zero-order chi connectivity index (χ0) is 12.3. The number of anilines is 1. The molecular formula is C13H22N2OSe. The van der Waals surface area contributed by atoms with Crippen molar-refractivity contribution < 1.29 is 4.74 Å². The monoisotopic (exact) mass is 302 g/mol. The Bertz CT molecular complexity index is 356. The van der Waals surface area contributed by atoms with Crippen LogP contribution in [0, 0.1) is 6.92 Å². The van der Waals surface area contributed by atoms with E-state index in [1.54, 1.807) is 0 Å². The predicted molar refractivity (Wildman–Crippen MR) is 71.9 cm³/mol. The predicted octanol–water partition coefficient (Wildman–Crippen LogP) is 2.36. The number of ether oxygens (including phenoxy) is 1. The molecule has 2 heterocycles. The average molecular weight is 301 g/mol. The quantitative estimate of drug-likeness (QED) is 0.798. The molecule has 0 unspecified atom stereocenters. The fourth-order valence-corrected chi connectivity index (χ4v) is 4.18. The number of hydrogen-bond donors (Lipinski definition) is 0. The maximum atomic E-state index is 5.70. The Hall–Kier alpha value is -0.311. The Kier molecular flexibility index (Phi) is 4.66. The molecule has 1 aromatic heterocycles. The van der Waals surface area contributed by atoms with Crippen LogP contribution in [0.5, 0.6) is 0 Å². The van der Waals surface area contributed by atoms with Crippen molar-refractivity contribution >= 4 is 19.2 Å². The third-order valence-corrected chi connectivity index (χ3v) is 5.56. The van der Waals surface area contributed by atoms with Crippen LogP contribution in [-0.2, 0) is 11.3 Å². The molecule has 17 heavy (non-hydrogen) atoms. The van der Waals surface area contributed by atoms with E-state index in [-0.39, 0.29) is 0 Å². The number of hydrogen-bond acceptors (Lipinski definition) is 3. The van der Waals surface area contributed by atoms with Crippen molar-refractivity contribution in [2.45, 2.75) is 52.7 Å². The van der Waals surface area contributed by atoms with Crippen molar-refractivity contribution in [1.29, 1.82) is 0 Å². The van der Waals surface area contributed by atoms with Gasteiger partial charge in [-0.15, -0.1) is 0 Å². The van der Waals surface area contributed by atoms with E-state index in [1.807, 2.05) is 0 Å². The van der Waals surface area contributed by atoms with Crippen LogP contribution in [0.2, 0.25) is 0 Å². The van der Waals surface area contributed by atoms with Crippen LogP contribution in [0.3, 0.4) is 0 Å². The van der Waals surface area contributed by atoms with Gasteiger partial charge in [0.1, 0.15) is 0 Å². The molecule has 0 saturated carbocycles. The molecular weight excluding hydrogens is 279 g/mol. The van der Waals surface area contributed by atoms with Gasteiger partial charge < -0.3 is 0 Å². The molecule has 1 aliphatic rings. The van der Waals surface area contributed by atoms with Crippen LogP contribution in [0.25, 0.3) is 0 Å². The molecule has 2 rings (SSSR count). The first-order valence-electron chi connectivity index (χ1n) is 6.49. The third-order valence-electron chi connectivity index (χ3n) is 3.06. The van der Waals surface area contributed by atoms with Gasteiger partial charge in [-0.25, -0.2) is 0 Å². The Morgan fingerprint density at radius 3 is 2.65 bits per heavy atom. The van der Waals surface area contributed by atoms with Crippen molar-refractivity contribution in [3.8, 4) is 0 Å². The molecule has 96 valence electrons. The Labute approximate surface area is 110 Å². The first-order valence-corrected chi connectivity index (χ1v) is 8.21. The zero-order valence-corrected chi connectivity index (χ0v) is 12.7. The van der Waals surface area contributed by atoms with Gasteiger partial charge in [0.05, 0.1) is 0 Å². The molecule has 1 aromatic rings. The van der Waals surface area contributed by atoms with E-state index >= 15 is 0 Å². The normalized spacial score (nSPS) is 16.8. The molecule has 0 N–H and O–H groups in total. The zero-order valence-electron chi connectivity index (χ0n) is 11.0. The van der Waals surface area contributed by atoms with Crippen LogP contribution >= 0.6 is 0 Å². The summed E-state index contributed by atoms with van der Waals surface area (Å²) < 4.78 is 8.45. The van der Waals surface area contributed by atoms with Crippen LogP contribution < -0.4 is 4.90 Å². The van der Waals surface area contributed by atoms with Crippen LogP contribution in [0.4, 0.5) is 4.69 Å². The first kappa shape index (κ1) is 13.1. The first-order chi connectivity index (χ1) is 8.16. The Morgan fingerprint density at radius 1 is 1.29 bits per heavy atom. The molecule has 0 aliphatic carbocycles. The molecule has 3 nitrogen and oxygen atoms in total. The number of piperidine rings is 1. The second-order valence-electron chi connectivity index (χ2n) is 4.91. The van der Waals surface area contributed by atoms with E-state index < -0.39 is 0 Å². The Morgan fingerprint density at radius 2 is 2.00 bits per heavy atom. The summed E-state index contributed by atoms with van der Waals surface area (Å²) in [6, 6.07) is 0. The standard InChI is InChI=1S/C13H22N2OSe/c1-10(2)16-9-12-11(3)14-13(17-12)15-7-5-4-6-8-15/h10H,4-9H2,1-3H3. The summed E-state index contributed by atoms with van der Waals surface area (Å²) in [5, 5.41) is 0. The molecule has 4 heteroatoms. The SMILES string of the molecule is Cc1nc(N2CCCCC2)[se]c1COC(C)C. The minimum atomic E-state index is 0.310. The van der Waals surface area contributed by atoms with E-state index in [9.17, 15) is 0 Å². The van der Waals surface area contributed by atoms with Gasteiger partial charge in [0, 0.05) is 0 Å². The van der Waals surface area contributed by atoms with E-state index in [0.29, 0.717) is 20.6 Å². The molecule has 0 amide bonds. The van der Waals surface area contributed by atoms with Crippen LogP contribution in [0.15, 0.2) is 0 Å². The number of nitrogens with zero attached hydrogens (tertiary/aromatic N) is 2. The van der Waals surface area contributed by atoms with Crippen LogP contribution in [-0.4, -0.2) is 38.7 Å². The van der Waals surface area contributed by atoms with E-state index in [2.05, 4.69) is 25.7 Å². The van der Waals surface area contributed by atoms with Gasteiger partial charge in [-0.05, 0) is 0 Å². The molecule has 0 radical (unpaired) electrons. The van der Waals surface area contributed by atoms with Crippen molar-refractivity contribution in [3.63, 3.8) is 0 Å². The summed E-state index contributed by atoms with van der Waals surface area (Å²) in [7, 11) is 0. The van der Waals surface area contributed by atoms with Gasteiger partial charge in [-0.1, -0.05) is 0 Å². The van der Waals surface area contributed by atoms with Gasteiger partial charge in [0.2, 0.25) is 0 Å². The number of aryl methyl sites for hydroxylation is 1. The summed E-state index contributed by atoms with van der Waals surface area (Å²) in [5.74, 6) is 0. The fraction of sp³-hybridized carbons (Fsp3) is 0.769. The Balaban J connectivity index is 2.01. The van der Waals surface area contributed by atoms with Crippen LogP contribution in [0.1, 0.15) is 43.2 Å². The fourth-order valence-electron chi connectivity index (χ4n) is 2.01. The summed E-state index contributed by atoms with van der Waals surface area (Å²) >= 11 is 0.399. The van der Waals surface area contributed by atoms with Gasteiger partial charge in [0.15, 0.2) is 0 Å². The molecule has 1 fully saturated rings. The molecule has 0 atom stereocenters. The topological polar surface area (TPSA) is 25.4 Å². The molecule has 0 spiro atoms. The van der Waals surface area contributed by atoms with E-state index in [4.69, 9.17) is 9.72 Å². The maximum absolute atomic E-state index is 5.70. The van der Waals surface area contributed by atoms with Crippen molar-refractivity contribution in [2.75, 3.05) is 18.0 Å². The third kappa shape index (κ3) is 3.57. The molecule has 0 bridgehead atoms. The minimum absolute atomic E-state index is 0.310. The number of aromatic nitrogens is 1. The van der Waals surface area contributed by atoms with Crippen molar-refractivity contribution in [3.05, 3.63) is 10.1 Å². The summed E-state index contributed by atoms with van der Waals surface area (Å²) in [4.78, 5) is 7.22. The number of rotatable bonds is 4. The second-order valence-corrected chi connectivity index (χ2v) is 7.14. The summed E-state index contributed by atoms with van der Waals surface area (Å²) in [5.41, 5.74) is 1.20. The molecule has 0 aromatic carbocycles. The van der Waals surface area contributed by atoms with Crippen molar-refractivity contribution in [1.82, 2.24) is 4.98 Å². The molecule has 1 aliphatic heterocycles. The van der Waals surface area contributed by atoms with Gasteiger partial charge >= 0.3 is 110 Å².